The molecule has 6 heteroatoms. The number of carbonyl (C=O) groups excluding carboxylic acids is 1. The zero-order valence-electron chi connectivity index (χ0n) is 13.9. The largest absolute Gasteiger partial charge is 0.354 e. The number of amides is 1. The number of aromatic nitrogens is 1. The number of halogens is 2. The highest BCUT2D eigenvalue weighted by Gasteiger charge is 2.29. The zero-order valence-corrected chi connectivity index (χ0v) is 15.4. The molecular weight excluding hydrogens is 357 g/mol. The third-order valence-electron chi connectivity index (χ3n) is 4.48. The van der Waals surface area contributed by atoms with Crippen LogP contribution in [0.2, 0.25) is 10.0 Å². The fraction of sp³-hybridized carbons (Fsp3) is 0.368. The Hall–Kier alpha value is -1.62. The standard InChI is InChI=1S/C19H21Cl2N3O/c20-16-7-3-5-14(17(16)21)8-10-23-19(25)18(24-11-1-2-12-24)15-6-4-9-22-13-15/h3-7,9,13,18H,1-2,8,10-12H2,(H,23,25). The number of likely N-dealkylation sites (tertiary alicyclic amines) is 1. The number of hydrogen-bond donors (Lipinski definition) is 1. The van der Waals surface area contributed by atoms with Crippen molar-refractivity contribution in [3.05, 3.63) is 63.9 Å². The molecule has 1 aromatic heterocycles. The monoisotopic (exact) mass is 377 g/mol. The number of hydrogen-bond acceptors (Lipinski definition) is 3. The molecule has 1 aliphatic rings. The first kappa shape index (κ1) is 18.2. The summed E-state index contributed by atoms with van der Waals surface area (Å²) in [5, 5.41) is 4.14. The quantitative estimate of drug-likeness (QED) is 0.830. The van der Waals surface area contributed by atoms with Crippen molar-refractivity contribution in [1.29, 1.82) is 0 Å². The number of nitrogens with zero attached hydrogens (tertiary/aromatic N) is 2. The Kier molecular flexibility index (Phi) is 6.29. The van der Waals surface area contributed by atoms with Gasteiger partial charge in [0, 0.05) is 18.9 Å². The minimum atomic E-state index is -0.286. The topological polar surface area (TPSA) is 45.2 Å². The van der Waals surface area contributed by atoms with E-state index in [0.29, 0.717) is 23.0 Å². The van der Waals surface area contributed by atoms with E-state index in [2.05, 4.69) is 15.2 Å². The molecule has 1 aliphatic heterocycles. The summed E-state index contributed by atoms with van der Waals surface area (Å²) in [4.78, 5) is 19.2. The summed E-state index contributed by atoms with van der Waals surface area (Å²) < 4.78 is 0. The maximum atomic E-state index is 12.8. The molecule has 1 N–H and O–H groups in total. The Labute approximate surface area is 158 Å². The molecule has 0 bridgehead atoms. The summed E-state index contributed by atoms with van der Waals surface area (Å²) >= 11 is 12.2. The van der Waals surface area contributed by atoms with Crippen LogP contribution in [0.15, 0.2) is 42.7 Å². The van der Waals surface area contributed by atoms with Crippen molar-refractivity contribution in [3.8, 4) is 0 Å². The molecule has 1 aromatic carbocycles. The lowest BCUT2D eigenvalue weighted by Crippen LogP contribution is -2.40. The predicted molar refractivity (Wildman–Crippen MR) is 101 cm³/mol. The molecule has 3 rings (SSSR count). The van der Waals surface area contributed by atoms with Crippen molar-refractivity contribution < 1.29 is 4.79 Å². The lowest BCUT2D eigenvalue weighted by Gasteiger charge is -2.26. The summed E-state index contributed by atoms with van der Waals surface area (Å²) in [6.07, 6.45) is 6.40. The second-order valence-corrected chi connectivity index (χ2v) is 6.97. The van der Waals surface area contributed by atoms with Crippen LogP contribution in [-0.2, 0) is 11.2 Å². The summed E-state index contributed by atoms with van der Waals surface area (Å²) in [6.45, 7) is 2.39. The van der Waals surface area contributed by atoms with Gasteiger partial charge in [-0.3, -0.25) is 14.7 Å². The predicted octanol–water partition coefficient (Wildman–Crippen LogP) is 3.88. The Balaban J connectivity index is 1.65. The van der Waals surface area contributed by atoms with Crippen LogP contribution in [0.1, 0.15) is 30.0 Å². The van der Waals surface area contributed by atoms with Crippen molar-refractivity contribution in [1.82, 2.24) is 15.2 Å². The van der Waals surface area contributed by atoms with Crippen molar-refractivity contribution in [2.24, 2.45) is 0 Å². The molecular formula is C19H21Cl2N3O. The van der Waals surface area contributed by atoms with Gasteiger partial charge < -0.3 is 5.32 Å². The molecule has 0 radical (unpaired) electrons. The van der Waals surface area contributed by atoms with E-state index in [0.717, 1.165) is 37.1 Å². The highest BCUT2D eigenvalue weighted by atomic mass is 35.5. The van der Waals surface area contributed by atoms with Gasteiger partial charge in [-0.15, -0.1) is 0 Å². The summed E-state index contributed by atoms with van der Waals surface area (Å²) in [5.41, 5.74) is 1.87. The Morgan fingerprint density at radius 2 is 2.00 bits per heavy atom. The molecule has 0 saturated carbocycles. The minimum absolute atomic E-state index is 0.00745. The van der Waals surface area contributed by atoms with Gasteiger partial charge in [-0.25, -0.2) is 0 Å². The second-order valence-electron chi connectivity index (χ2n) is 6.19. The summed E-state index contributed by atoms with van der Waals surface area (Å²) in [7, 11) is 0. The fourth-order valence-electron chi connectivity index (χ4n) is 3.22. The molecule has 1 fully saturated rings. The van der Waals surface area contributed by atoms with E-state index in [4.69, 9.17) is 23.2 Å². The average Bonchev–Trinajstić information content (AvgIpc) is 3.14. The molecule has 1 unspecified atom stereocenters. The number of pyridine rings is 1. The van der Waals surface area contributed by atoms with E-state index >= 15 is 0 Å². The molecule has 1 atom stereocenters. The number of carbonyl (C=O) groups is 1. The van der Waals surface area contributed by atoms with Crippen LogP contribution in [0, 0.1) is 0 Å². The molecule has 0 aliphatic carbocycles. The van der Waals surface area contributed by atoms with Gasteiger partial charge in [0.1, 0.15) is 6.04 Å². The van der Waals surface area contributed by atoms with Crippen molar-refractivity contribution >= 4 is 29.1 Å². The van der Waals surface area contributed by atoms with Crippen LogP contribution in [-0.4, -0.2) is 35.4 Å². The lowest BCUT2D eigenvalue weighted by atomic mass is 10.1. The zero-order chi connectivity index (χ0) is 17.6. The van der Waals surface area contributed by atoms with Gasteiger partial charge in [0.2, 0.25) is 5.91 Å². The second kappa shape index (κ2) is 8.65. The van der Waals surface area contributed by atoms with Crippen molar-refractivity contribution in [2.75, 3.05) is 19.6 Å². The fourth-order valence-corrected chi connectivity index (χ4v) is 3.64. The van der Waals surface area contributed by atoms with Crippen molar-refractivity contribution in [2.45, 2.75) is 25.3 Å². The number of benzene rings is 1. The molecule has 2 heterocycles. The summed E-state index contributed by atoms with van der Waals surface area (Å²) in [6, 6.07) is 9.11. The first-order valence-corrected chi connectivity index (χ1v) is 9.27. The third-order valence-corrected chi connectivity index (χ3v) is 5.34. The third kappa shape index (κ3) is 4.51. The van der Waals surface area contributed by atoms with E-state index < -0.39 is 0 Å². The van der Waals surface area contributed by atoms with E-state index in [-0.39, 0.29) is 11.9 Å². The molecule has 1 amide bonds. The van der Waals surface area contributed by atoms with Gasteiger partial charge in [0.05, 0.1) is 10.0 Å². The van der Waals surface area contributed by atoms with Crippen molar-refractivity contribution in [3.63, 3.8) is 0 Å². The van der Waals surface area contributed by atoms with E-state index in [1.165, 1.54) is 0 Å². The van der Waals surface area contributed by atoms with Gasteiger partial charge in [0.25, 0.3) is 0 Å². The highest BCUT2D eigenvalue weighted by Crippen LogP contribution is 2.26. The molecule has 4 nitrogen and oxygen atoms in total. The number of nitrogens with one attached hydrogen (secondary N) is 1. The van der Waals surface area contributed by atoms with Crippen LogP contribution in [0.5, 0.6) is 0 Å². The average molecular weight is 378 g/mol. The van der Waals surface area contributed by atoms with Crippen LogP contribution in [0.4, 0.5) is 0 Å². The Bertz CT molecular complexity index is 718. The molecule has 1 saturated heterocycles. The molecule has 2 aromatic rings. The SMILES string of the molecule is O=C(NCCc1cccc(Cl)c1Cl)C(c1cccnc1)N1CCCC1. The molecule has 25 heavy (non-hydrogen) atoms. The van der Waals surface area contributed by atoms with E-state index in [1.54, 1.807) is 18.5 Å². The smallest absolute Gasteiger partial charge is 0.242 e. The maximum absolute atomic E-state index is 12.8. The lowest BCUT2D eigenvalue weighted by molar-refractivity contribution is -0.126. The van der Waals surface area contributed by atoms with E-state index in [9.17, 15) is 4.79 Å². The minimum Gasteiger partial charge on any atom is -0.354 e. The first-order valence-electron chi connectivity index (χ1n) is 8.51. The van der Waals surface area contributed by atoms with Gasteiger partial charge >= 0.3 is 0 Å². The number of rotatable bonds is 6. The highest BCUT2D eigenvalue weighted by molar-refractivity contribution is 6.42. The van der Waals surface area contributed by atoms with Crippen LogP contribution < -0.4 is 5.32 Å². The van der Waals surface area contributed by atoms with Gasteiger partial charge in [-0.2, -0.15) is 0 Å². The van der Waals surface area contributed by atoms with E-state index in [1.807, 2.05) is 24.3 Å². The van der Waals surface area contributed by atoms with Crippen LogP contribution >= 0.6 is 23.2 Å². The van der Waals surface area contributed by atoms with Crippen LogP contribution in [0.3, 0.4) is 0 Å². The van der Waals surface area contributed by atoms with Gasteiger partial charge in [0.15, 0.2) is 0 Å². The Morgan fingerprint density at radius 1 is 1.20 bits per heavy atom. The maximum Gasteiger partial charge on any atom is 0.242 e. The first-order chi connectivity index (χ1) is 12.2. The van der Waals surface area contributed by atoms with Gasteiger partial charge in [-0.1, -0.05) is 41.4 Å². The Morgan fingerprint density at radius 3 is 2.72 bits per heavy atom. The molecule has 132 valence electrons. The van der Waals surface area contributed by atoms with Gasteiger partial charge in [-0.05, 0) is 55.6 Å². The molecule has 0 spiro atoms. The van der Waals surface area contributed by atoms with Crippen LogP contribution in [0.25, 0.3) is 0 Å². The normalized spacial score (nSPS) is 15.9. The summed E-state index contributed by atoms with van der Waals surface area (Å²) in [5.74, 6) is 0.00745.